The number of rotatable bonds is 2. The molecular formula is C13H6Cl2OS2. The molecule has 1 nitrogen and oxygen atoms in total. The van der Waals surface area contributed by atoms with Crippen molar-refractivity contribution in [2.24, 2.45) is 0 Å². The molecule has 0 radical (unpaired) electrons. The molecule has 2 heterocycles. The zero-order chi connectivity index (χ0) is 12.7. The van der Waals surface area contributed by atoms with Gasteiger partial charge in [0.15, 0.2) is 5.78 Å². The van der Waals surface area contributed by atoms with E-state index >= 15 is 0 Å². The fourth-order valence-electron chi connectivity index (χ4n) is 1.79. The average Bonchev–Trinajstić information content (AvgIpc) is 2.92. The van der Waals surface area contributed by atoms with E-state index in [1.165, 1.54) is 11.3 Å². The summed E-state index contributed by atoms with van der Waals surface area (Å²) in [5.41, 5.74) is 1.17. The summed E-state index contributed by atoms with van der Waals surface area (Å²) in [7, 11) is 0. The minimum atomic E-state index is -0.0689. The molecule has 3 aromatic rings. The lowest BCUT2D eigenvalue weighted by Gasteiger charge is -1.97. The zero-order valence-corrected chi connectivity index (χ0v) is 12.1. The number of hydrogen-bond donors (Lipinski definition) is 0. The number of benzene rings is 1. The molecule has 0 spiro atoms. The molecule has 0 atom stereocenters. The van der Waals surface area contributed by atoms with Crippen LogP contribution >= 0.6 is 45.9 Å². The zero-order valence-electron chi connectivity index (χ0n) is 8.94. The van der Waals surface area contributed by atoms with Crippen molar-refractivity contribution in [3.8, 4) is 0 Å². The molecule has 0 N–H and O–H groups in total. The SMILES string of the molecule is O=C(c1cc(Cl)sc1Cl)c1csc2ccccc12. The molecule has 1 aromatic carbocycles. The van der Waals surface area contributed by atoms with Gasteiger partial charge >= 0.3 is 0 Å². The lowest BCUT2D eigenvalue weighted by molar-refractivity contribution is 0.104. The van der Waals surface area contributed by atoms with Crippen LogP contribution in [-0.4, -0.2) is 5.78 Å². The van der Waals surface area contributed by atoms with Crippen molar-refractivity contribution in [1.29, 1.82) is 0 Å². The highest BCUT2D eigenvalue weighted by molar-refractivity contribution is 7.20. The van der Waals surface area contributed by atoms with Crippen LogP contribution in [0.15, 0.2) is 35.7 Å². The molecule has 0 unspecified atom stereocenters. The van der Waals surface area contributed by atoms with E-state index in [2.05, 4.69) is 0 Å². The Morgan fingerprint density at radius 3 is 2.61 bits per heavy atom. The number of hydrogen-bond acceptors (Lipinski definition) is 3. The van der Waals surface area contributed by atoms with Crippen molar-refractivity contribution in [2.75, 3.05) is 0 Å². The molecule has 0 saturated heterocycles. The molecule has 0 bridgehead atoms. The highest BCUT2D eigenvalue weighted by Gasteiger charge is 2.19. The van der Waals surface area contributed by atoms with Gasteiger partial charge in [-0.2, -0.15) is 0 Å². The monoisotopic (exact) mass is 312 g/mol. The van der Waals surface area contributed by atoms with Crippen LogP contribution in [0.1, 0.15) is 15.9 Å². The number of ketones is 1. The van der Waals surface area contributed by atoms with E-state index in [0.717, 1.165) is 10.1 Å². The Morgan fingerprint density at radius 2 is 1.89 bits per heavy atom. The van der Waals surface area contributed by atoms with E-state index in [0.29, 0.717) is 19.8 Å². The van der Waals surface area contributed by atoms with Crippen LogP contribution in [0.3, 0.4) is 0 Å². The Hall–Kier alpha value is -0.870. The fourth-order valence-corrected chi connectivity index (χ4v) is 4.19. The number of thiophene rings is 2. The highest BCUT2D eigenvalue weighted by Crippen LogP contribution is 2.35. The topological polar surface area (TPSA) is 17.1 Å². The van der Waals surface area contributed by atoms with Gasteiger partial charge in [0.05, 0.1) is 9.90 Å². The molecule has 5 heteroatoms. The van der Waals surface area contributed by atoms with Crippen molar-refractivity contribution in [1.82, 2.24) is 0 Å². The first kappa shape index (κ1) is 12.2. The Balaban J connectivity index is 2.15. The normalized spacial score (nSPS) is 11.0. The van der Waals surface area contributed by atoms with Gasteiger partial charge in [-0.25, -0.2) is 0 Å². The van der Waals surface area contributed by atoms with Crippen molar-refractivity contribution in [2.45, 2.75) is 0 Å². The van der Waals surface area contributed by atoms with Gasteiger partial charge in [0.25, 0.3) is 0 Å². The molecule has 90 valence electrons. The van der Waals surface area contributed by atoms with Gasteiger partial charge in [0.2, 0.25) is 0 Å². The second-order valence-electron chi connectivity index (χ2n) is 3.71. The Bertz CT molecular complexity index is 742. The van der Waals surface area contributed by atoms with E-state index in [4.69, 9.17) is 23.2 Å². The third-order valence-corrected chi connectivity index (χ3v) is 5.08. The first-order valence-corrected chi connectivity index (χ1v) is 7.58. The van der Waals surface area contributed by atoms with Crippen LogP contribution < -0.4 is 0 Å². The molecular weight excluding hydrogens is 307 g/mol. The quantitative estimate of drug-likeness (QED) is 0.571. The van der Waals surface area contributed by atoms with Crippen LogP contribution in [0, 0.1) is 0 Å². The number of carbonyl (C=O) groups excluding carboxylic acids is 1. The van der Waals surface area contributed by atoms with Crippen LogP contribution in [0.5, 0.6) is 0 Å². The Labute approximate surface area is 122 Å². The molecule has 0 aliphatic rings. The molecule has 0 fully saturated rings. The molecule has 0 aliphatic carbocycles. The van der Waals surface area contributed by atoms with Crippen LogP contribution in [0.4, 0.5) is 0 Å². The predicted octanol–water partition coefficient (Wildman–Crippen LogP) is 5.50. The summed E-state index contributed by atoms with van der Waals surface area (Å²) in [6, 6.07) is 9.46. The molecule has 18 heavy (non-hydrogen) atoms. The molecule has 3 rings (SSSR count). The molecule has 2 aromatic heterocycles. The lowest BCUT2D eigenvalue weighted by atomic mass is 10.1. The lowest BCUT2D eigenvalue weighted by Crippen LogP contribution is -1.98. The Kier molecular flexibility index (Phi) is 3.16. The van der Waals surface area contributed by atoms with E-state index in [-0.39, 0.29) is 5.78 Å². The van der Waals surface area contributed by atoms with Crippen LogP contribution in [-0.2, 0) is 0 Å². The summed E-state index contributed by atoms with van der Waals surface area (Å²) < 4.78 is 2.07. The predicted molar refractivity (Wildman–Crippen MR) is 79.6 cm³/mol. The second-order valence-corrected chi connectivity index (χ2v) is 6.91. The number of fused-ring (bicyclic) bond motifs is 1. The Morgan fingerprint density at radius 1 is 1.11 bits per heavy atom. The van der Waals surface area contributed by atoms with Crippen molar-refractivity contribution in [3.05, 3.63) is 55.5 Å². The standard InChI is InChI=1S/C13H6Cl2OS2/c14-11-5-8(13(15)18-11)12(16)9-6-17-10-4-2-1-3-7(9)10/h1-6H. The summed E-state index contributed by atoms with van der Waals surface area (Å²) in [6.07, 6.45) is 0. The largest absolute Gasteiger partial charge is 0.288 e. The van der Waals surface area contributed by atoms with Crippen molar-refractivity contribution >= 4 is 61.7 Å². The maximum absolute atomic E-state index is 12.4. The second kappa shape index (κ2) is 4.67. The van der Waals surface area contributed by atoms with Gasteiger partial charge in [-0.1, -0.05) is 41.4 Å². The smallest absolute Gasteiger partial charge is 0.196 e. The first-order valence-electron chi connectivity index (χ1n) is 5.12. The number of halogens is 2. The third-order valence-electron chi connectivity index (χ3n) is 2.63. The summed E-state index contributed by atoms with van der Waals surface area (Å²) in [5, 5.41) is 2.83. The highest BCUT2D eigenvalue weighted by atomic mass is 35.5. The minimum Gasteiger partial charge on any atom is -0.288 e. The van der Waals surface area contributed by atoms with E-state index < -0.39 is 0 Å². The summed E-state index contributed by atoms with van der Waals surface area (Å²) in [4.78, 5) is 12.4. The summed E-state index contributed by atoms with van der Waals surface area (Å²) in [6.45, 7) is 0. The van der Waals surface area contributed by atoms with Crippen LogP contribution in [0.2, 0.25) is 8.67 Å². The van der Waals surface area contributed by atoms with Gasteiger partial charge < -0.3 is 0 Å². The minimum absolute atomic E-state index is 0.0689. The maximum atomic E-state index is 12.4. The van der Waals surface area contributed by atoms with Gasteiger partial charge in [-0.15, -0.1) is 22.7 Å². The van der Waals surface area contributed by atoms with Gasteiger partial charge in [0, 0.05) is 21.0 Å². The average molecular weight is 313 g/mol. The molecule has 0 aliphatic heterocycles. The van der Waals surface area contributed by atoms with Crippen molar-refractivity contribution < 1.29 is 4.79 Å². The fraction of sp³-hybridized carbons (Fsp3) is 0. The number of carbonyl (C=O) groups is 1. The summed E-state index contributed by atoms with van der Waals surface area (Å²) >= 11 is 14.7. The third kappa shape index (κ3) is 1.97. The van der Waals surface area contributed by atoms with Crippen LogP contribution in [0.25, 0.3) is 10.1 Å². The molecule has 0 saturated carbocycles. The van der Waals surface area contributed by atoms with Gasteiger partial charge in [-0.3, -0.25) is 4.79 Å². The maximum Gasteiger partial charge on any atom is 0.196 e. The van der Waals surface area contributed by atoms with Gasteiger partial charge in [0.1, 0.15) is 4.34 Å². The van der Waals surface area contributed by atoms with E-state index in [9.17, 15) is 4.79 Å². The molecule has 0 amide bonds. The van der Waals surface area contributed by atoms with Gasteiger partial charge in [-0.05, 0) is 12.1 Å². The van der Waals surface area contributed by atoms with Crippen molar-refractivity contribution in [3.63, 3.8) is 0 Å². The summed E-state index contributed by atoms with van der Waals surface area (Å²) in [5.74, 6) is -0.0689. The van der Waals surface area contributed by atoms with E-state index in [1.54, 1.807) is 17.4 Å². The van der Waals surface area contributed by atoms with E-state index in [1.807, 2.05) is 29.6 Å². The first-order chi connectivity index (χ1) is 8.66.